The molecule has 0 fully saturated rings. The largest absolute Gasteiger partial charge is 0.307 e. The third-order valence-corrected chi connectivity index (χ3v) is 5.04. The van der Waals surface area contributed by atoms with Crippen LogP contribution in [0.15, 0.2) is 78.9 Å². The van der Waals surface area contributed by atoms with Gasteiger partial charge in [0, 0.05) is 12.6 Å². The molecule has 1 aliphatic carbocycles. The molecule has 4 rings (SSSR count). The van der Waals surface area contributed by atoms with Crippen LogP contribution in [0.4, 0.5) is 4.39 Å². The maximum absolute atomic E-state index is 13.1. The Bertz CT molecular complexity index is 947. The lowest BCUT2D eigenvalue weighted by Gasteiger charge is -2.15. The summed E-state index contributed by atoms with van der Waals surface area (Å²) in [7, 11) is 0. The lowest BCUT2D eigenvalue weighted by molar-refractivity contribution is 0.606. The van der Waals surface area contributed by atoms with Crippen LogP contribution in [0, 0.1) is 5.82 Å². The van der Waals surface area contributed by atoms with Gasteiger partial charge in [0.25, 0.3) is 0 Å². The van der Waals surface area contributed by atoms with Crippen molar-refractivity contribution in [3.8, 4) is 0 Å². The molecule has 3 aromatic carbocycles. The summed E-state index contributed by atoms with van der Waals surface area (Å²) in [5.41, 5.74) is 7.27. The third-order valence-electron chi connectivity index (χ3n) is 5.04. The first-order valence-electron chi connectivity index (χ1n) is 9.28. The Morgan fingerprint density at radius 3 is 1.96 bits per heavy atom. The Kier molecular flexibility index (Phi) is 4.99. The van der Waals surface area contributed by atoms with Gasteiger partial charge in [0.2, 0.25) is 0 Å². The molecular weight excluding hydrogens is 333 g/mol. The van der Waals surface area contributed by atoms with Gasteiger partial charge >= 0.3 is 0 Å². The molecule has 0 bridgehead atoms. The second kappa shape index (κ2) is 7.73. The number of nitrogens with one attached hydrogen (secondary N) is 1. The van der Waals surface area contributed by atoms with Gasteiger partial charge in [-0.15, -0.1) is 0 Å². The lowest BCUT2D eigenvalue weighted by Crippen LogP contribution is -2.18. The molecule has 1 nitrogen and oxygen atoms in total. The van der Waals surface area contributed by atoms with Gasteiger partial charge < -0.3 is 5.32 Å². The molecule has 0 aliphatic heterocycles. The molecular formula is C25H22FN. The van der Waals surface area contributed by atoms with Gasteiger partial charge in [-0.1, -0.05) is 78.9 Å². The number of rotatable bonds is 4. The van der Waals surface area contributed by atoms with Crippen molar-refractivity contribution >= 4 is 17.7 Å². The minimum Gasteiger partial charge on any atom is -0.307 e. The Labute approximate surface area is 159 Å². The van der Waals surface area contributed by atoms with Crippen LogP contribution >= 0.6 is 0 Å². The number of hydrogen-bond donors (Lipinski definition) is 1. The van der Waals surface area contributed by atoms with Gasteiger partial charge in [-0.05, 0) is 52.4 Å². The molecule has 1 N–H and O–H groups in total. The zero-order valence-electron chi connectivity index (χ0n) is 15.3. The zero-order chi connectivity index (χ0) is 18.6. The van der Waals surface area contributed by atoms with Crippen LogP contribution in [0.3, 0.4) is 0 Å². The smallest absolute Gasteiger partial charge is 0.123 e. The monoisotopic (exact) mass is 355 g/mol. The molecule has 1 aliphatic rings. The summed E-state index contributed by atoms with van der Waals surface area (Å²) in [6, 6.07) is 23.8. The minimum absolute atomic E-state index is 0.150. The van der Waals surface area contributed by atoms with E-state index in [1.165, 1.54) is 40.0 Å². The van der Waals surface area contributed by atoms with E-state index < -0.39 is 0 Å². The predicted octanol–water partition coefficient (Wildman–Crippen LogP) is 6.09. The molecule has 1 atom stereocenters. The number of benzene rings is 3. The highest BCUT2D eigenvalue weighted by Crippen LogP contribution is 2.33. The maximum atomic E-state index is 13.1. The Morgan fingerprint density at radius 2 is 1.37 bits per heavy atom. The Hall–Kier alpha value is -2.97. The second-order valence-corrected chi connectivity index (χ2v) is 6.81. The molecule has 134 valence electrons. The summed E-state index contributed by atoms with van der Waals surface area (Å²) in [6.07, 6.45) is 6.62. The normalized spacial score (nSPS) is 13.5. The Balaban J connectivity index is 1.62. The minimum atomic E-state index is -0.202. The molecule has 0 amide bonds. The van der Waals surface area contributed by atoms with Crippen molar-refractivity contribution in [3.63, 3.8) is 0 Å². The fourth-order valence-electron chi connectivity index (χ4n) is 3.53. The molecule has 0 spiro atoms. The first-order chi connectivity index (χ1) is 13.2. The third kappa shape index (κ3) is 3.76. The van der Waals surface area contributed by atoms with E-state index in [4.69, 9.17) is 0 Å². The van der Waals surface area contributed by atoms with E-state index in [-0.39, 0.29) is 11.9 Å². The molecule has 0 saturated carbocycles. The second-order valence-electron chi connectivity index (χ2n) is 6.81. The standard InChI is InChI=1S/C25H22FN/c1-18(19-12-14-22(26)15-13-19)27-17-16-25-23-8-4-2-6-20(23)10-11-21-7-3-5-9-24(21)25/h2-16,18,27H,17H2,1H3/t18-/m1/s1. The van der Waals surface area contributed by atoms with Gasteiger partial charge in [0.05, 0.1) is 0 Å². The molecule has 0 heterocycles. The molecule has 0 saturated heterocycles. The topological polar surface area (TPSA) is 12.0 Å². The summed E-state index contributed by atoms with van der Waals surface area (Å²) in [4.78, 5) is 0. The van der Waals surface area contributed by atoms with E-state index in [0.29, 0.717) is 0 Å². The van der Waals surface area contributed by atoms with Crippen LogP contribution in [0.5, 0.6) is 0 Å². The summed E-state index contributed by atoms with van der Waals surface area (Å²) < 4.78 is 13.1. The molecule has 2 heteroatoms. The molecule has 3 aromatic rings. The number of fused-ring (bicyclic) bond motifs is 2. The fourth-order valence-corrected chi connectivity index (χ4v) is 3.53. The van der Waals surface area contributed by atoms with Crippen LogP contribution in [-0.2, 0) is 0 Å². The van der Waals surface area contributed by atoms with Crippen LogP contribution in [0.2, 0.25) is 0 Å². The summed E-state index contributed by atoms with van der Waals surface area (Å²) in [5, 5.41) is 3.53. The van der Waals surface area contributed by atoms with E-state index in [1.54, 1.807) is 0 Å². The average molecular weight is 355 g/mol. The highest BCUT2D eigenvalue weighted by Gasteiger charge is 2.14. The van der Waals surface area contributed by atoms with Crippen LogP contribution < -0.4 is 5.32 Å². The van der Waals surface area contributed by atoms with Crippen LogP contribution in [0.1, 0.15) is 40.8 Å². The lowest BCUT2D eigenvalue weighted by atomic mass is 9.93. The van der Waals surface area contributed by atoms with Gasteiger partial charge in [0.15, 0.2) is 0 Å². The summed E-state index contributed by atoms with van der Waals surface area (Å²) in [6.45, 7) is 2.83. The van der Waals surface area contributed by atoms with E-state index >= 15 is 0 Å². The number of halogens is 1. The van der Waals surface area contributed by atoms with E-state index in [0.717, 1.165) is 12.1 Å². The van der Waals surface area contributed by atoms with E-state index in [2.05, 4.69) is 79.0 Å². The summed E-state index contributed by atoms with van der Waals surface area (Å²) >= 11 is 0. The SMILES string of the molecule is C[C@@H](NCC=C1c2ccccc2C=Cc2ccccc21)c1ccc(F)cc1. The van der Waals surface area contributed by atoms with E-state index in [9.17, 15) is 4.39 Å². The van der Waals surface area contributed by atoms with Crippen molar-refractivity contribution in [1.29, 1.82) is 0 Å². The van der Waals surface area contributed by atoms with Crippen molar-refractivity contribution < 1.29 is 4.39 Å². The van der Waals surface area contributed by atoms with Gasteiger partial charge in [0.1, 0.15) is 5.82 Å². The van der Waals surface area contributed by atoms with Gasteiger partial charge in [-0.25, -0.2) is 4.39 Å². The molecule has 0 aromatic heterocycles. The first kappa shape index (κ1) is 17.4. The predicted molar refractivity (Wildman–Crippen MR) is 112 cm³/mol. The summed E-state index contributed by atoms with van der Waals surface area (Å²) in [5.74, 6) is -0.202. The van der Waals surface area contributed by atoms with Crippen molar-refractivity contribution in [2.45, 2.75) is 13.0 Å². The van der Waals surface area contributed by atoms with Crippen LogP contribution in [-0.4, -0.2) is 6.54 Å². The highest BCUT2D eigenvalue weighted by atomic mass is 19.1. The average Bonchev–Trinajstić information content (AvgIpc) is 2.86. The van der Waals surface area contributed by atoms with E-state index in [1.807, 2.05) is 12.1 Å². The quantitative estimate of drug-likeness (QED) is 0.467. The van der Waals surface area contributed by atoms with Gasteiger partial charge in [-0.3, -0.25) is 0 Å². The number of hydrogen-bond acceptors (Lipinski definition) is 1. The van der Waals surface area contributed by atoms with Crippen molar-refractivity contribution in [3.05, 3.63) is 113 Å². The van der Waals surface area contributed by atoms with Crippen LogP contribution in [0.25, 0.3) is 17.7 Å². The van der Waals surface area contributed by atoms with Crippen molar-refractivity contribution in [1.82, 2.24) is 5.32 Å². The van der Waals surface area contributed by atoms with Crippen molar-refractivity contribution in [2.75, 3.05) is 6.54 Å². The Morgan fingerprint density at radius 1 is 0.815 bits per heavy atom. The first-order valence-corrected chi connectivity index (χ1v) is 9.28. The zero-order valence-corrected chi connectivity index (χ0v) is 15.3. The van der Waals surface area contributed by atoms with Crippen molar-refractivity contribution in [2.24, 2.45) is 0 Å². The maximum Gasteiger partial charge on any atom is 0.123 e. The highest BCUT2D eigenvalue weighted by molar-refractivity contribution is 5.93. The molecule has 0 radical (unpaired) electrons. The fraction of sp³-hybridized carbons (Fsp3) is 0.120. The van der Waals surface area contributed by atoms with Gasteiger partial charge in [-0.2, -0.15) is 0 Å². The molecule has 27 heavy (non-hydrogen) atoms. The molecule has 0 unspecified atom stereocenters.